The maximum absolute atomic E-state index is 13.6. The second-order valence-electron chi connectivity index (χ2n) is 7.20. The van der Waals surface area contributed by atoms with Gasteiger partial charge >= 0.3 is 5.76 Å². The lowest BCUT2D eigenvalue weighted by Crippen LogP contribution is -3.27. The van der Waals surface area contributed by atoms with Crippen LogP contribution in [0.5, 0.6) is 5.75 Å². The minimum absolute atomic E-state index is 0.245. The fourth-order valence-electron chi connectivity index (χ4n) is 3.86. The van der Waals surface area contributed by atoms with Gasteiger partial charge in [0.05, 0.1) is 18.2 Å². The molecule has 0 bridgehead atoms. The molecule has 1 fully saturated rings. The minimum Gasteiger partial charge on any atom is -0.496 e. The smallest absolute Gasteiger partial charge is 0.424 e. The Morgan fingerprint density at radius 2 is 1.89 bits per heavy atom. The van der Waals surface area contributed by atoms with Gasteiger partial charge in [-0.15, -0.1) is 0 Å². The molecule has 1 aromatic heterocycles. The third kappa shape index (κ3) is 3.92. The van der Waals surface area contributed by atoms with E-state index in [0.717, 1.165) is 49.6 Å². The van der Waals surface area contributed by atoms with Crippen LogP contribution in [0.1, 0.15) is 5.56 Å². The highest BCUT2D eigenvalue weighted by molar-refractivity contribution is 6.31. The number of aromatic nitrogens is 1. The zero-order valence-electron chi connectivity index (χ0n) is 15.6. The van der Waals surface area contributed by atoms with Crippen molar-refractivity contribution in [2.45, 2.75) is 13.2 Å². The number of methoxy groups -OCH3 is 1. The monoisotopic (exact) mass is 407 g/mol. The number of quaternary nitrogens is 2. The Morgan fingerprint density at radius 3 is 2.64 bits per heavy atom. The van der Waals surface area contributed by atoms with Crippen LogP contribution >= 0.6 is 11.6 Å². The molecule has 2 N–H and O–H groups in total. The van der Waals surface area contributed by atoms with E-state index in [2.05, 4.69) is 0 Å². The van der Waals surface area contributed by atoms with Crippen LogP contribution in [-0.2, 0) is 13.2 Å². The maximum Gasteiger partial charge on any atom is 0.424 e. The van der Waals surface area contributed by atoms with Crippen LogP contribution in [0, 0.1) is 5.82 Å². The third-order valence-corrected chi connectivity index (χ3v) is 5.59. The van der Waals surface area contributed by atoms with Gasteiger partial charge in [0.25, 0.3) is 0 Å². The molecule has 0 unspecified atom stereocenters. The van der Waals surface area contributed by atoms with Gasteiger partial charge in [0.2, 0.25) is 0 Å². The Balaban J connectivity index is 1.41. The lowest BCUT2D eigenvalue weighted by atomic mass is 10.1. The molecule has 0 atom stereocenters. The van der Waals surface area contributed by atoms with E-state index in [1.54, 1.807) is 35.9 Å². The summed E-state index contributed by atoms with van der Waals surface area (Å²) >= 11 is 5.97. The zero-order chi connectivity index (χ0) is 19.7. The number of ether oxygens (including phenoxy) is 1. The van der Waals surface area contributed by atoms with Crippen LogP contribution in [0.4, 0.5) is 4.39 Å². The standard InChI is InChI=1S/C20H21ClFN3O3/c1-27-18-5-3-16(22)10-14(18)12-23-6-8-24(9-7-23)13-25-17-4-2-15(21)11-19(17)28-20(25)26/h2-5,10-11H,6-9,12-13H2,1H3/p+2. The van der Waals surface area contributed by atoms with Crippen molar-refractivity contribution in [3.63, 3.8) is 0 Å². The quantitative estimate of drug-likeness (QED) is 0.641. The van der Waals surface area contributed by atoms with Gasteiger partial charge in [0.1, 0.15) is 44.3 Å². The summed E-state index contributed by atoms with van der Waals surface area (Å²) in [6.45, 7) is 4.99. The number of rotatable bonds is 5. The molecule has 1 saturated heterocycles. The van der Waals surface area contributed by atoms with Crippen LogP contribution < -0.4 is 20.3 Å². The van der Waals surface area contributed by atoms with Crippen molar-refractivity contribution < 1.29 is 23.3 Å². The molecule has 1 aliphatic heterocycles. The van der Waals surface area contributed by atoms with Crippen molar-refractivity contribution in [3.05, 3.63) is 63.4 Å². The van der Waals surface area contributed by atoms with Gasteiger partial charge in [-0.25, -0.2) is 13.8 Å². The fourth-order valence-corrected chi connectivity index (χ4v) is 4.02. The molecule has 8 heteroatoms. The number of hydrogen-bond donors (Lipinski definition) is 2. The Hall–Kier alpha value is -2.35. The van der Waals surface area contributed by atoms with Gasteiger partial charge in [0.15, 0.2) is 12.3 Å². The summed E-state index contributed by atoms with van der Waals surface area (Å²) in [6.07, 6.45) is 0. The van der Waals surface area contributed by atoms with E-state index in [1.165, 1.54) is 15.9 Å². The highest BCUT2D eigenvalue weighted by atomic mass is 35.5. The first-order chi connectivity index (χ1) is 13.5. The molecule has 1 aliphatic rings. The predicted molar refractivity (Wildman–Crippen MR) is 104 cm³/mol. The van der Waals surface area contributed by atoms with E-state index in [1.807, 2.05) is 6.07 Å². The van der Waals surface area contributed by atoms with Gasteiger partial charge in [-0.2, -0.15) is 0 Å². The van der Waals surface area contributed by atoms with Crippen LogP contribution in [0.3, 0.4) is 0 Å². The molecule has 28 heavy (non-hydrogen) atoms. The molecule has 0 spiro atoms. The minimum atomic E-state index is -0.357. The lowest BCUT2D eigenvalue weighted by molar-refractivity contribution is -1.03. The highest BCUT2D eigenvalue weighted by Crippen LogP contribution is 2.19. The molecule has 3 aromatic rings. The molecule has 148 valence electrons. The van der Waals surface area contributed by atoms with Crippen LogP contribution in [-0.4, -0.2) is 37.9 Å². The van der Waals surface area contributed by atoms with Crippen molar-refractivity contribution in [1.29, 1.82) is 0 Å². The van der Waals surface area contributed by atoms with E-state index in [4.69, 9.17) is 20.8 Å². The summed E-state index contributed by atoms with van der Waals surface area (Å²) in [4.78, 5) is 14.9. The van der Waals surface area contributed by atoms with Gasteiger partial charge in [-0.1, -0.05) is 11.6 Å². The number of nitrogens with one attached hydrogen (secondary N) is 2. The SMILES string of the molecule is COc1ccc(F)cc1C[NH+]1CC[NH+](Cn2c(=O)oc3cc(Cl)ccc32)CC1. The summed E-state index contributed by atoms with van der Waals surface area (Å²) < 4.78 is 25.9. The maximum atomic E-state index is 13.6. The van der Waals surface area contributed by atoms with Crippen LogP contribution in [0.2, 0.25) is 5.02 Å². The Kier molecular flexibility index (Phi) is 5.39. The first-order valence-corrected chi connectivity index (χ1v) is 9.70. The second-order valence-corrected chi connectivity index (χ2v) is 7.64. The van der Waals surface area contributed by atoms with Crippen molar-refractivity contribution in [2.75, 3.05) is 33.3 Å². The first kappa shape index (κ1) is 19.0. The number of halogens is 2. The van der Waals surface area contributed by atoms with E-state index in [0.29, 0.717) is 17.3 Å². The third-order valence-electron chi connectivity index (χ3n) is 5.36. The molecule has 2 aromatic carbocycles. The van der Waals surface area contributed by atoms with E-state index >= 15 is 0 Å². The molecular weight excluding hydrogens is 385 g/mol. The van der Waals surface area contributed by atoms with Crippen molar-refractivity contribution >= 4 is 22.7 Å². The van der Waals surface area contributed by atoms with Gasteiger partial charge in [-0.05, 0) is 30.3 Å². The summed E-state index contributed by atoms with van der Waals surface area (Å²) in [6, 6.07) is 9.89. The molecule has 0 aliphatic carbocycles. The lowest BCUT2D eigenvalue weighted by Gasteiger charge is -2.30. The topological polar surface area (TPSA) is 53.2 Å². The summed E-state index contributed by atoms with van der Waals surface area (Å²) in [5, 5.41) is 0.547. The van der Waals surface area contributed by atoms with E-state index in [9.17, 15) is 9.18 Å². The fraction of sp³-hybridized carbons (Fsp3) is 0.350. The average molecular weight is 408 g/mol. The molecule has 0 amide bonds. The van der Waals surface area contributed by atoms with Crippen LogP contribution in [0.15, 0.2) is 45.6 Å². The number of hydrogen-bond acceptors (Lipinski definition) is 3. The number of oxazole rings is 1. The summed E-state index contributed by atoms with van der Waals surface area (Å²) in [5.41, 5.74) is 2.16. The molecule has 6 nitrogen and oxygen atoms in total. The predicted octanol–water partition coefficient (Wildman–Crippen LogP) is 0.337. The van der Waals surface area contributed by atoms with Crippen molar-refractivity contribution in [2.24, 2.45) is 0 Å². The highest BCUT2D eigenvalue weighted by Gasteiger charge is 2.25. The number of benzene rings is 2. The number of fused-ring (bicyclic) bond motifs is 1. The van der Waals surface area contributed by atoms with Crippen molar-refractivity contribution in [3.8, 4) is 5.75 Å². The summed E-state index contributed by atoms with van der Waals surface area (Å²) in [7, 11) is 1.61. The largest absolute Gasteiger partial charge is 0.496 e. The number of piperazine rings is 1. The van der Waals surface area contributed by atoms with Gasteiger partial charge in [0, 0.05) is 11.1 Å². The molecule has 2 heterocycles. The van der Waals surface area contributed by atoms with Crippen LogP contribution in [0.25, 0.3) is 11.1 Å². The molecule has 0 saturated carbocycles. The number of nitrogens with zero attached hydrogens (tertiary/aromatic N) is 1. The summed E-state index contributed by atoms with van der Waals surface area (Å²) in [5.74, 6) is 0.119. The van der Waals surface area contributed by atoms with Crippen molar-refractivity contribution in [1.82, 2.24) is 4.57 Å². The normalized spacial score (nSPS) is 19.8. The Bertz CT molecular complexity index is 1040. The Labute approximate surface area is 166 Å². The molecule has 0 radical (unpaired) electrons. The Morgan fingerprint density at radius 1 is 1.14 bits per heavy atom. The average Bonchev–Trinajstić information content (AvgIpc) is 2.98. The van der Waals surface area contributed by atoms with E-state index in [-0.39, 0.29) is 11.6 Å². The van der Waals surface area contributed by atoms with Gasteiger partial charge in [-0.3, -0.25) is 0 Å². The van der Waals surface area contributed by atoms with E-state index < -0.39 is 0 Å². The van der Waals surface area contributed by atoms with Gasteiger partial charge < -0.3 is 19.0 Å². The zero-order valence-corrected chi connectivity index (χ0v) is 16.4. The first-order valence-electron chi connectivity index (χ1n) is 9.32. The molecular formula is C20H23ClFN3O3+2. The molecule has 4 rings (SSSR count). The second kappa shape index (κ2) is 7.95.